The Hall–Kier alpha value is -2.48. The predicted molar refractivity (Wildman–Crippen MR) is 118 cm³/mol. The van der Waals surface area contributed by atoms with Crippen LogP contribution >= 0.6 is 0 Å². The molecule has 0 bridgehead atoms. The van der Waals surface area contributed by atoms with Crippen LogP contribution in [0.4, 0.5) is 5.69 Å². The Morgan fingerprint density at radius 1 is 1.06 bits per heavy atom. The van der Waals surface area contributed by atoms with Gasteiger partial charge in [0.1, 0.15) is 6.10 Å². The van der Waals surface area contributed by atoms with Gasteiger partial charge in [0, 0.05) is 18.6 Å². The SMILES string of the molecule is CCCCCCCCCCCC(=O)N[C@H](C(=O)OCC)[C@H](O)c1cccc([N+](=O)[O-])c1. The molecule has 1 aromatic rings. The third kappa shape index (κ3) is 10.4. The van der Waals surface area contributed by atoms with Crippen molar-refractivity contribution in [2.24, 2.45) is 0 Å². The Kier molecular flexibility index (Phi) is 13.1. The minimum absolute atomic E-state index is 0.0884. The molecule has 0 saturated carbocycles. The number of unbranched alkanes of at least 4 members (excludes halogenated alkanes) is 8. The van der Waals surface area contributed by atoms with Crippen molar-refractivity contribution in [1.29, 1.82) is 0 Å². The van der Waals surface area contributed by atoms with E-state index in [2.05, 4.69) is 12.2 Å². The number of hydrogen-bond acceptors (Lipinski definition) is 6. The normalized spacial score (nSPS) is 12.7. The van der Waals surface area contributed by atoms with Crippen molar-refractivity contribution in [2.75, 3.05) is 6.61 Å². The van der Waals surface area contributed by atoms with Crippen molar-refractivity contribution >= 4 is 17.6 Å². The lowest BCUT2D eigenvalue weighted by Crippen LogP contribution is -2.46. The number of aliphatic hydroxyl groups excluding tert-OH is 1. The number of benzene rings is 1. The zero-order valence-electron chi connectivity index (χ0n) is 18.7. The average Bonchev–Trinajstić information content (AvgIpc) is 2.76. The Balaban J connectivity index is 2.55. The van der Waals surface area contributed by atoms with Gasteiger partial charge in [-0.2, -0.15) is 0 Å². The summed E-state index contributed by atoms with van der Waals surface area (Å²) in [6, 6.07) is 4.04. The van der Waals surface area contributed by atoms with Gasteiger partial charge in [0.05, 0.1) is 11.5 Å². The minimum Gasteiger partial charge on any atom is -0.464 e. The molecule has 1 amide bonds. The van der Waals surface area contributed by atoms with Crippen molar-refractivity contribution in [3.05, 3.63) is 39.9 Å². The number of nitro groups is 1. The van der Waals surface area contributed by atoms with Gasteiger partial charge < -0.3 is 15.2 Å². The van der Waals surface area contributed by atoms with E-state index in [0.29, 0.717) is 6.42 Å². The Morgan fingerprint density at radius 3 is 2.26 bits per heavy atom. The number of rotatable bonds is 16. The summed E-state index contributed by atoms with van der Waals surface area (Å²) < 4.78 is 4.98. The molecule has 8 nitrogen and oxygen atoms in total. The smallest absolute Gasteiger partial charge is 0.331 e. The first-order valence-electron chi connectivity index (χ1n) is 11.3. The molecule has 8 heteroatoms. The standard InChI is InChI=1S/C23H36N2O6/c1-3-5-6-7-8-9-10-11-12-16-20(26)24-21(23(28)31-4-2)22(27)18-14-13-15-19(17-18)25(29)30/h13-15,17,21-22,27H,3-12,16H2,1-2H3,(H,24,26)/t21-,22+/m0/s1. The summed E-state index contributed by atoms with van der Waals surface area (Å²) in [5.41, 5.74) is -0.0456. The second-order valence-electron chi connectivity index (χ2n) is 7.67. The zero-order valence-corrected chi connectivity index (χ0v) is 18.7. The van der Waals surface area contributed by atoms with Crippen LogP contribution in [0.2, 0.25) is 0 Å². The highest BCUT2D eigenvalue weighted by molar-refractivity contribution is 5.85. The van der Waals surface area contributed by atoms with E-state index >= 15 is 0 Å². The summed E-state index contributed by atoms with van der Waals surface area (Å²) >= 11 is 0. The molecule has 31 heavy (non-hydrogen) atoms. The maximum absolute atomic E-state index is 12.3. The van der Waals surface area contributed by atoms with Crippen LogP contribution in [0.25, 0.3) is 0 Å². The fraction of sp³-hybridized carbons (Fsp3) is 0.652. The monoisotopic (exact) mass is 436 g/mol. The lowest BCUT2D eigenvalue weighted by molar-refractivity contribution is -0.385. The number of esters is 1. The molecular weight excluding hydrogens is 400 g/mol. The summed E-state index contributed by atoms with van der Waals surface area (Å²) in [7, 11) is 0. The maximum atomic E-state index is 12.3. The third-order valence-corrected chi connectivity index (χ3v) is 5.10. The van der Waals surface area contributed by atoms with Crippen LogP contribution in [0.3, 0.4) is 0 Å². The van der Waals surface area contributed by atoms with Gasteiger partial charge in [-0.15, -0.1) is 0 Å². The lowest BCUT2D eigenvalue weighted by atomic mass is 10.0. The predicted octanol–water partition coefficient (Wildman–Crippen LogP) is 4.60. The van der Waals surface area contributed by atoms with Gasteiger partial charge in [-0.1, -0.05) is 70.4 Å². The van der Waals surface area contributed by atoms with E-state index in [-0.39, 0.29) is 30.2 Å². The quantitative estimate of drug-likeness (QED) is 0.169. The molecule has 0 heterocycles. The van der Waals surface area contributed by atoms with E-state index in [1.54, 1.807) is 6.92 Å². The van der Waals surface area contributed by atoms with E-state index in [4.69, 9.17) is 4.74 Å². The van der Waals surface area contributed by atoms with Crippen LogP contribution in [-0.4, -0.2) is 34.6 Å². The molecular formula is C23H36N2O6. The number of hydrogen-bond donors (Lipinski definition) is 2. The van der Waals surface area contributed by atoms with E-state index in [1.165, 1.54) is 56.4 Å². The molecule has 2 N–H and O–H groups in total. The minimum atomic E-state index is -1.45. The number of nitro benzene ring substituents is 1. The fourth-order valence-corrected chi connectivity index (χ4v) is 3.36. The number of amides is 1. The largest absolute Gasteiger partial charge is 0.464 e. The average molecular weight is 437 g/mol. The molecule has 0 saturated heterocycles. The summed E-state index contributed by atoms with van der Waals surface area (Å²) in [4.78, 5) is 35.0. The summed E-state index contributed by atoms with van der Waals surface area (Å²) in [6.45, 7) is 3.91. The van der Waals surface area contributed by atoms with Gasteiger partial charge >= 0.3 is 5.97 Å². The van der Waals surface area contributed by atoms with Crippen LogP contribution in [0, 0.1) is 10.1 Å². The number of ether oxygens (including phenoxy) is 1. The summed E-state index contributed by atoms with van der Waals surface area (Å²) in [6.07, 6.45) is 8.90. The van der Waals surface area contributed by atoms with Gasteiger partial charge in [-0.25, -0.2) is 4.79 Å². The van der Waals surface area contributed by atoms with Crippen molar-refractivity contribution in [3.8, 4) is 0 Å². The number of aliphatic hydroxyl groups is 1. The van der Waals surface area contributed by atoms with E-state index in [1.807, 2.05) is 0 Å². The fourth-order valence-electron chi connectivity index (χ4n) is 3.36. The summed E-state index contributed by atoms with van der Waals surface area (Å²) in [5.74, 6) is -1.13. The highest BCUT2D eigenvalue weighted by Crippen LogP contribution is 2.23. The van der Waals surface area contributed by atoms with Gasteiger partial charge in [-0.05, 0) is 18.9 Å². The van der Waals surface area contributed by atoms with Gasteiger partial charge in [0.25, 0.3) is 5.69 Å². The van der Waals surface area contributed by atoms with Gasteiger partial charge in [0.2, 0.25) is 5.91 Å². The number of non-ortho nitro benzene ring substituents is 1. The molecule has 0 unspecified atom stereocenters. The van der Waals surface area contributed by atoms with Crippen molar-refractivity contribution < 1.29 is 24.4 Å². The second-order valence-corrected chi connectivity index (χ2v) is 7.67. The van der Waals surface area contributed by atoms with E-state index in [9.17, 15) is 24.8 Å². The van der Waals surface area contributed by atoms with E-state index < -0.39 is 23.0 Å². The maximum Gasteiger partial charge on any atom is 0.331 e. The van der Waals surface area contributed by atoms with Crippen LogP contribution in [0.5, 0.6) is 0 Å². The van der Waals surface area contributed by atoms with Crippen molar-refractivity contribution in [1.82, 2.24) is 5.32 Å². The first-order valence-corrected chi connectivity index (χ1v) is 11.3. The molecule has 0 fully saturated rings. The molecule has 0 radical (unpaired) electrons. The molecule has 0 aliphatic carbocycles. The molecule has 0 aromatic heterocycles. The van der Waals surface area contributed by atoms with Crippen LogP contribution in [-0.2, 0) is 14.3 Å². The third-order valence-electron chi connectivity index (χ3n) is 5.10. The van der Waals surface area contributed by atoms with Crippen molar-refractivity contribution in [2.45, 2.75) is 90.2 Å². The Bertz CT molecular complexity index is 694. The number of carbonyl (C=O) groups is 2. The zero-order chi connectivity index (χ0) is 23.1. The highest BCUT2D eigenvalue weighted by Gasteiger charge is 2.31. The highest BCUT2D eigenvalue weighted by atomic mass is 16.6. The van der Waals surface area contributed by atoms with Crippen molar-refractivity contribution in [3.63, 3.8) is 0 Å². The van der Waals surface area contributed by atoms with Crippen LogP contribution in [0.1, 0.15) is 89.7 Å². The number of carbonyl (C=O) groups excluding carboxylic acids is 2. The first kappa shape index (κ1) is 26.6. The van der Waals surface area contributed by atoms with Gasteiger partial charge in [-0.3, -0.25) is 14.9 Å². The van der Waals surface area contributed by atoms with Gasteiger partial charge in [0.15, 0.2) is 6.04 Å². The van der Waals surface area contributed by atoms with E-state index in [0.717, 1.165) is 19.3 Å². The molecule has 174 valence electrons. The van der Waals surface area contributed by atoms with Crippen LogP contribution in [0.15, 0.2) is 24.3 Å². The molecule has 1 aromatic carbocycles. The second kappa shape index (κ2) is 15.3. The number of nitrogens with one attached hydrogen (secondary N) is 1. The summed E-state index contributed by atoms with van der Waals surface area (Å²) in [5, 5.41) is 24.1. The molecule has 0 aliphatic rings. The van der Waals surface area contributed by atoms with Crippen LogP contribution < -0.4 is 5.32 Å². The topological polar surface area (TPSA) is 119 Å². The molecule has 1 rings (SSSR count). The molecule has 0 aliphatic heterocycles. The lowest BCUT2D eigenvalue weighted by Gasteiger charge is -2.22. The Morgan fingerprint density at radius 2 is 1.68 bits per heavy atom. The number of nitrogens with zero attached hydrogens (tertiary/aromatic N) is 1. The Labute approximate surface area is 184 Å². The molecule has 2 atom stereocenters. The first-order chi connectivity index (χ1) is 14.9. The molecule has 0 spiro atoms.